The van der Waals surface area contributed by atoms with Crippen molar-refractivity contribution >= 4 is 10.9 Å². The van der Waals surface area contributed by atoms with Crippen molar-refractivity contribution in [3.63, 3.8) is 0 Å². The molecule has 0 amide bonds. The molecule has 130 valence electrons. The Morgan fingerprint density at radius 1 is 1.29 bits per heavy atom. The standard InChI is InChI=1S/C17H20F3N3O/c1-11(2)22-9-5-8-14(22)15-21-13-7-4-3-6-12(13)16(24)23(15)10-17(18,19)20/h3-4,6-7,11,14H,5,8-10H2,1-2H3. The predicted molar refractivity (Wildman–Crippen MR) is 85.9 cm³/mol. The average Bonchev–Trinajstić information content (AvgIpc) is 2.98. The van der Waals surface area contributed by atoms with Crippen LogP contribution < -0.4 is 5.56 Å². The minimum absolute atomic E-state index is 0.181. The van der Waals surface area contributed by atoms with Gasteiger partial charge in [-0.25, -0.2) is 4.98 Å². The van der Waals surface area contributed by atoms with Crippen LogP contribution in [0.5, 0.6) is 0 Å². The maximum atomic E-state index is 13.0. The number of aromatic nitrogens is 2. The second-order valence-corrected chi connectivity index (χ2v) is 6.48. The van der Waals surface area contributed by atoms with Gasteiger partial charge in [0.15, 0.2) is 0 Å². The highest BCUT2D eigenvalue weighted by molar-refractivity contribution is 5.77. The number of benzene rings is 1. The first kappa shape index (κ1) is 17.0. The Kier molecular flexibility index (Phi) is 4.38. The highest BCUT2D eigenvalue weighted by Crippen LogP contribution is 2.33. The Bertz CT molecular complexity index is 798. The molecule has 0 aliphatic carbocycles. The van der Waals surface area contributed by atoms with Crippen LogP contribution >= 0.6 is 0 Å². The van der Waals surface area contributed by atoms with Crippen LogP contribution in [-0.2, 0) is 6.54 Å². The maximum Gasteiger partial charge on any atom is 0.406 e. The summed E-state index contributed by atoms with van der Waals surface area (Å²) < 4.78 is 39.9. The number of para-hydroxylation sites is 1. The second kappa shape index (κ2) is 6.20. The van der Waals surface area contributed by atoms with Gasteiger partial charge in [-0.2, -0.15) is 13.2 Å². The minimum atomic E-state index is -4.47. The fraction of sp³-hybridized carbons (Fsp3) is 0.529. The minimum Gasteiger partial charge on any atom is -0.291 e. The maximum absolute atomic E-state index is 13.0. The van der Waals surface area contributed by atoms with E-state index in [1.54, 1.807) is 18.2 Å². The van der Waals surface area contributed by atoms with Crippen molar-refractivity contribution in [3.05, 3.63) is 40.4 Å². The lowest BCUT2D eigenvalue weighted by molar-refractivity contribution is -0.142. The van der Waals surface area contributed by atoms with Crippen LogP contribution in [-0.4, -0.2) is 33.2 Å². The summed E-state index contributed by atoms with van der Waals surface area (Å²) >= 11 is 0. The van der Waals surface area contributed by atoms with Gasteiger partial charge in [0.25, 0.3) is 5.56 Å². The number of alkyl halides is 3. The van der Waals surface area contributed by atoms with Gasteiger partial charge in [-0.05, 0) is 45.4 Å². The van der Waals surface area contributed by atoms with Crippen molar-refractivity contribution in [1.82, 2.24) is 14.5 Å². The van der Waals surface area contributed by atoms with Gasteiger partial charge in [0.05, 0.1) is 16.9 Å². The molecule has 0 bridgehead atoms. The van der Waals surface area contributed by atoms with Crippen molar-refractivity contribution < 1.29 is 13.2 Å². The van der Waals surface area contributed by atoms with Crippen molar-refractivity contribution in [1.29, 1.82) is 0 Å². The molecule has 1 aromatic carbocycles. The molecule has 1 aliphatic heterocycles. The molecule has 1 aromatic heterocycles. The monoisotopic (exact) mass is 339 g/mol. The SMILES string of the molecule is CC(C)N1CCCC1c1nc2ccccc2c(=O)n1CC(F)(F)F. The van der Waals surface area contributed by atoms with Crippen LogP contribution in [0.15, 0.2) is 29.1 Å². The van der Waals surface area contributed by atoms with E-state index in [-0.39, 0.29) is 23.3 Å². The first-order chi connectivity index (χ1) is 11.3. The van der Waals surface area contributed by atoms with Crippen LogP contribution in [0, 0.1) is 0 Å². The summed E-state index contributed by atoms with van der Waals surface area (Å²) in [7, 11) is 0. The van der Waals surface area contributed by atoms with Crippen LogP contribution in [0.2, 0.25) is 0 Å². The van der Waals surface area contributed by atoms with E-state index < -0.39 is 18.3 Å². The zero-order valence-electron chi connectivity index (χ0n) is 13.7. The van der Waals surface area contributed by atoms with Gasteiger partial charge in [-0.15, -0.1) is 0 Å². The zero-order valence-corrected chi connectivity index (χ0v) is 13.7. The fourth-order valence-electron chi connectivity index (χ4n) is 3.46. The first-order valence-electron chi connectivity index (χ1n) is 8.10. The number of rotatable bonds is 3. The Labute approximate surface area is 137 Å². The Morgan fingerprint density at radius 2 is 2.00 bits per heavy atom. The van der Waals surface area contributed by atoms with Gasteiger partial charge in [-0.3, -0.25) is 14.3 Å². The molecule has 1 saturated heterocycles. The lowest BCUT2D eigenvalue weighted by Gasteiger charge is -2.29. The largest absolute Gasteiger partial charge is 0.406 e. The average molecular weight is 339 g/mol. The number of likely N-dealkylation sites (tertiary alicyclic amines) is 1. The molecular weight excluding hydrogens is 319 g/mol. The molecule has 0 N–H and O–H groups in total. The lowest BCUT2D eigenvalue weighted by Crippen LogP contribution is -2.37. The second-order valence-electron chi connectivity index (χ2n) is 6.48. The van der Waals surface area contributed by atoms with E-state index in [1.165, 1.54) is 6.07 Å². The summed E-state index contributed by atoms with van der Waals surface area (Å²) in [5.41, 5.74) is -0.171. The molecule has 1 fully saturated rings. The molecule has 0 spiro atoms. The molecule has 2 aromatic rings. The Morgan fingerprint density at radius 3 is 2.67 bits per heavy atom. The lowest BCUT2D eigenvalue weighted by atomic mass is 10.1. The molecule has 1 atom stereocenters. The van der Waals surface area contributed by atoms with E-state index in [0.717, 1.165) is 17.5 Å². The summed E-state index contributed by atoms with van der Waals surface area (Å²) in [5.74, 6) is 0.224. The molecule has 7 heteroatoms. The molecule has 24 heavy (non-hydrogen) atoms. The van der Waals surface area contributed by atoms with E-state index >= 15 is 0 Å². The van der Waals surface area contributed by atoms with E-state index in [2.05, 4.69) is 9.88 Å². The molecule has 0 radical (unpaired) electrons. The predicted octanol–water partition coefficient (Wildman–Crippen LogP) is 3.50. The first-order valence-corrected chi connectivity index (χ1v) is 8.10. The summed E-state index contributed by atoms with van der Waals surface area (Å²) in [6.45, 7) is 3.51. The zero-order chi connectivity index (χ0) is 17.5. The van der Waals surface area contributed by atoms with E-state index in [4.69, 9.17) is 0 Å². The van der Waals surface area contributed by atoms with E-state index in [1.807, 2.05) is 13.8 Å². The van der Waals surface area contributed by atoms with E-state index in [9.17, 15) is 18.0 Å². The summed E-state index contributed by atoms with van der Waals surface area (Å²) in [5, 5.41) is 0.222. The third kappa shape index (κ3) is 3.17. The molecule has 1 unspecified atom stereocenters. The molecule has 3 rings (SSSR count). The van der Waals surface area contributed by atoms with Gasteiger partial charge < -0.3 is 0 Å². The Balaban J connectivity index is 2.21. The molecule has 1 aliphatic rings. The summed E-state index contributed by atoms with van der Waals surface area (Å²) in [4.78, 5) is 19.2. The smallest absolute Gasteiger partial charge is 0.291 e. The van der Waals surface area contributed by atoms with Crippen LogP contribution in [0.3, 0.4) is 0 Å². The van der Waals surface area contributed by atoms with E-state index in [0.29, 0.717) is 11.9 Å². The molecular formula is C17H20F3N3O. The Hall–Kier alpha value is -1.89. The third-order valence-corrected chi connectivity index (χ3v) is 4.48. The van der Waals surface area contributed by atoms with Crippen LogP contribution in [0.25, 0.3) is 10.9 Å². The van der Waals surface area contributed by atoms with Gasteiger partial charge in [0, 0.05) is 6.04 Å². The summed E-state index contributed by atoms with van der Waals surface area (Å²) in [6.07, 6.45) is -2.87. The number of fused-ring (bicyclic) bond motifs is 1. The van der Waals surface area contributed by atoms with Gasteiger partial charge >= 0.3 is 6.18 Å². The van der Waals surface area contributed by atoms with Gasteiger partial charge in [0.1, 0.15) is 12.4 Å². The van der Waals surface area contributed by atoms with Crippen LogP contribution in [0.1, 0.15) is 38.6 Å². The highest BCUT2D eigenvalue weighted by atomic mass is 19.4. The summed E-state index contributed by atoms with van der Waals surface area (Å²) in [6, 6.07) is 6.49. The van der Waals surface area contributed by atoms with Crippen molar-refractivity contribution in [2.75, 3.05) is 6.54 Å². The molecule has 4 nitrogen and oxygen atoms in total. The van der Waals surface area contributed by atoms with Crippen LogP contribution in [0.4, 0.5) is 13.2 Å². The highest BCUT2D eigenvalue weighted by Gasteiger charge is 2.35. The van der Waals surface area contributed by atoms with Crippen molar-refractivity contribution in [3.8, 4) is 0 Å². The van der Waals surface area contributed by atoms with Crippen molar-refractivity contribution in [2.24, 2.45) is 0 Å². The number of hydrogen-bond donors (Lipinski definition) is 0. The topological polar surface area (TPSA) is 38.1 Å². The quantitative estimate of drug-likeness (QED) is 0.859. The number of nitrogens with zero attached hydrogens (tertiary/aromatic N) is 3. The number of hydrogen-bond acceptors (Lipinski definition) is 3. The van der Waals surface area contributed by atoms with Crippen molar-refractivity contribution in [2.45, 2.75) is 51.5 Å². The molecule has 2 heterocycles. The number of halogens is 3. The van der Waals surface area contributed by atoms with Gasteiger partial charge in [-0.1, -0.05) is 12.1 Å². The normalized spacial score (nSPS) is 19.5. The fourth-order valence-corrected chi connectivity index (χ4v) is 3.46. The van der Waals surface area contributed by atoms with Gasteiger partial charge in [0.2, 0.25) is 0 Å². The molecule has 0 saturated carbocycles. The third-order valence-electron chi connectivity index (χ3n) is 4.48.